The van der Waals surface area contributed by atoms with E-state index in [1.165, 1.54) is 0 Å². The van der Waals surface area contributed by atoms with Crippen LogP contribution in [0.5, 0.6) is 0 Å². The van der Waals surface area contributed by atoms with Crippen molar-refractivity contribution in [3.63, 3.8) is 0 Å². The Morgan fingerprint density at radius 1 is 1.83 bits per heavy atom. The molecule has 0 radical (unpaired) electrons. The summed E-state index contributed by atoms with van der Waals surface area (Å²) in [6.07, 6.45) is 2.86. The third-order valence-corrected chi connectivity index (χ3v) is 1.61. The molecule has 0 aliphatic carbocycles. The van der Waals surface area contributed by atoms with Crippen LogP contribution in [-0.4, -0.2) is 24.4 Å². The van der Waals surface area contributed by atoms with Crippen LogP contribution in [0.15, 0.2) is 12.1 Å². The van der Waals surface area contributed by atoms with Gasteiger partial charge in [0, 0.05) is 6.61 Å². The molecule has 1 aliphatic rings. The second-order valence-electron chi connectivity index (χ2n) is 2.53. The topological polar surface area (TPSA) is 66.8 Å². The Morgan fingerprint density at radius 2 is 2.67 bits per heavy atom. The Hall–Kier alpha value is -1.28. The molecule has 66 valence electrons. The SMILES string of the molecule is N#[N+]/C=C(/O)OCC1CCCO1. The Balaban J connectivity index is 2.17. The highest BCUT2D eigenvalue weighted by molar-refractivity contribution is 4.87. The van der Waals surface area contributed by atoms with E-state index in [2.05, 4.69) is 4.98 Å². The zero-order valence-electron chi connectivity index (χ0n) is 6.64. The summed E-state index contributed by atoms with van der Waals surface area (Å²) in [5.41, 5.74) is 0. The lowest BCUT2D eigenvalue weighted by molar-refractivity contribution is 0.00841. The molecule has 1 N–H and O–H groups in total. The first-order valence-electron chi connectivity index (χ1n) is 3.80. The Kier molecular flexibility index (Phi) is 3.35. The van der Waals surface area contributed by atoms with Crippen LogP contribution >= 0.6 is 0 Å². The van der Waals surface area contributed by atoms with E-state index in [9.17, 15) is 0 Å². The minimum Gasteiger partial charge on any atom is -0.476 e. The second-order valence-corrected chi connectivity index (χ2v) is 2.53. The number of hydrogen-bond donors (Lipinski definition) is 1. The van der Waals surface area contributed by atoms with Gasteiger partial charge in [0.05, 0.1) is 6.10 Å². The van der Waals surface area contributed by atoms with Crippen molar-refractivity contribution < 1.29 is 14.6 Å². The molecule has 0 bridgehead atoms. The van der Waals surface area contributed by atoms with Crippen molar-refractivity contribution in [1.82, 2.24) is 0 Å². The Morgan fingerprint density at radius 3 is 3.25 bits per heavy atom. The van der Waals surface area contributed by atoms with Crippen molar-refractivity contribution in [2.24, 2.45) is 0 Å². The van der Waals surface area contributed by atoms with E-state index in [1.54, 1.807) is 0 Å². The first kappa shape index (κ1) is 8.81. The minimum absolute atomic E-state index is 0.0549. The lowest BCUT2D eigenvalue weighted by atomic mass is 10.2. The molecule has 0 aromatic carbocycles. The van der Waals surface area contributed by atoms with Crippen LogP contribution in [0.2, 0.25) is 0 Å². The maximum Gasteiger partial charge on any atom is 0.429 e. The molecule has 0 aromatic heterocycles. The maximum absolute atomic E-state index is 8.84. The average Bonchev–Trinajstić information content (AvgIpc) is 2.53. The smallest absolute Gasteiger partial charge is 0.429 e. The van der Waals surface area contributed by atoms with Crippen LogP contribution in [-0.2, 0) is 9.47 Å². The van der Waals surface area contributed by atoms with Gasteiger partial charge in [-0.3, -0.25) is 0 Å². The van der Waals surface area contributed by atoms with E-state index in [0.717, 1.165) is 25.6 Å². The molecule has 1 rings (SSSR count). The summed E-state index contributed by atoms with van der Waals surface area (Å²) in [6.45, 7) is 1.06. The van der Waals surface area contributed by atoms with Crippen molar-refractivity contribution in [2.45, 2.75) is 18.9 Å². The van der Waals surface area contributed by atoms with Crippen LogP contribution in [0.4, 0.5) is 0 Å². The molecule has 0 aromatic rings. The highest BCUT2D eigenvalue weighted by atomic mass is 16.6. The van der Waals surface area contributed by atoms with Crippen LogP contribution in [0.3, 0.4) is 0 Å². The number of rotatable bonds is 3. The van der Waals surface area contributed by atoms with Gasteiger partial charge in [0.25, 0.3) is 0 Å². The monoisotopic (exact) mass is 171 g/mol. The number of hydrogen-bond acceptors (Lipinski definition) is 4. The van der Waals surface area contributed by atoms with Gasteiger partial charge in [-0.15, -0.1) is 0 Å². The largest absolute Gasteiger partial charge is 0.476 e. The molecule has 12 heavy (non-hydrogen) atoms. The second kappa shape index (κ2) is 4.57. The number of diazo groups is 1. The fraction of sp³-hybridized carbons (Fsp3) is 0.714. The molecule has 1 unspecified atom stereocenters. The predicted molar refractivity (Wildman–Crippen MR) is 40.7 cm³/mol. The predicted octanol–water partition coefficient (Wildman–Crippen LogP) is 1.39. The lowest BCUT2D eigenvalue weighted by Crippen LogP contribution is -2.13. The third-order valence-electron chi connectivity index (χ3n) is 1.61. The van der Waals surface area contributed by atoms with Gasteiger partial charge in [0.2, 0.25) is 5.39 Å². The molecule has 1 heterocycles. The Bertz CT molecular complexity index is 203. The van der Waals surface area contributed by atoms with Gasteiger partial charge >= 0.3 is 12.1 Å². The van der Waals surface area contributed by atoms with Gasteiger partial charge in [-0.25, -0.2) is 0 Å². The van der Waals surface area contributed by atoms with E-state index >= 15 is 0 Å². The molecule has 0 spiro atoms. The molecule has 1 fully saturated rings. The van der Waals surface area contributed by atoms with E-state index in [4.69, 9.17) is 20.0 Å². The van der Waals surface area contributed by atoms with Crippen molar-refractivity contribution >= 4 is 0 Å². The van der Waals surface area contributed by atoms with Gasteiger partial charge in [0.15, 0.2) is 4.98 Å². The molecule has 1 aliphatic heterocycles. The quantitative estimate of drug-likeness (QED) is 0.514. The summed E-state index contributed by atoms with van der Waals surface area (Å²) >= 11 is 0. The van der Waals surface area contributed by atoms with E-state index in [-0.39, 0.29) is 6.10 Å². The van der Waals surface area contributed by atoms with Gasteiger partial charge in [-0.05, 0) is 12.8 Å². The summed E-state index contributed by atoms with van der Waals surface area (Å²) in [4.78, 5) is 2.60. The third kappa shape index (κ3) is 2.76. The summed E-state index contributed by atoms with van der Waals surface area (Å²) in [7, 11) is 0. The average molecular weight is 171 g/mol. The van der Waals surface area contributed by atoms with Gasteiger partial charge in [-0.1, -0.05) is 0 Å². The van der Waals surface area contributed by atoms with E-state index < -0.39 is 5.95 Å². The van der Waals surface area contributed by atoms with Crippen molar-refractivity contribution in [1.29, 1.82) is 5.39 Å². The summed E-state index contributed by atoms with van der Waals surface area (Å²) in [5, 5.41) is 16.8. The number of aliphatic hydroxyl groups excluding tert-OH is 1. The van der Waals surface area contributed by atoms with Crippen LogP contribution in [0.25, 0.3) is 4.98 Å². The number of nitrogens with zero attached hydrogens (tertiary/aromatic N) is 2. The van der Waals surface area contributed by atoms with Crippen molar-refractivity contribution in [2.75, 3.05) is 13.2 Å². The molecule has 5 heteroatoms. The number of aliphatic hydroxyl groups is 1. The Labute approximate surface area is 70.2 Å². The van der Waals surface area contributed by atoms with E-state index in [0.29, 0.717) is 6.61 Å². The number of ether oxygens (including phenoxy) is 2. The highest BCUT2D eigenvalue weighted by Gasteiger charge is 2.16. The standard InChI is InChI=1S/C7H10N2O3/c8-9-4-7(10)12-5-6-2-1-3-11-6/h4,6H,1-3,5H2/p+1/b7-4-. The van der Waals surface area contributed by atoms with E-state index in [1.807, 2.05) is 0 Å². The molecular weight excluding hydrogens is 160 g/mol. The normalized spacial score (nSPS) is 23.6. The summed E-state index contributed by atoms with van der Waals surface area (Å²) in [5.74, 6) is -0.395. The molecule has 0 amide bonds. The van der Waals surface area contributed by atoms with Crippen molar-refractivity contribution in [3.05, 3.63) is 17.1 Å². The summed E-state index contributed by atoms with van der Waals surface area (Å²) in [6, 6.07) is 0. The molecule has 1 atom stereocenters. The first-order chi connectivity index (χ1) is 5.83. The first-order valence-corrected chi connectivity index (χ1v) is 3.80. The lowest BCUT2D eigenvalue weighted by Gasteiger charge is -2.07. The van der Waals surface area contributed by atoms with Crippen LogP contribution < -0.4 is 0 Å². The van der Waals surface area contributed by atoms with Gasteiger partial charge < -0.3 is 14.6 Å². The fourth-order valence-electron chi connectivity index (χ4n) is 1.04. The minimum atomic E-state index is -0.395. The molecular formula is C7H11N2O3+. The zero-order chi connectivity index (χ0) is 8.81. The molecule has 5 nitrogen and oxygen atoms in total. The van der Waals surface area contributed by atoms with Gasteiger partial charge in [0.1, 0.15) is 6.61 Å². The molecule has 1 saturated heterocycles. The van der Waals surface area contributed by atoms with Crippen molar-refractivity contribution in [3.8, 4) is 0 Å². The fourth-order valence-corrected chi connectivity index (χ4v) is 1.04. The summed E-state index contributed by atoms with van der Waals surface area (Å²) < 4.78 is 10.0. The molecule has 0 saturated carbocycles. The highest BCUT2D eigenvalue weighted by Crippen LogP contribution is 2.12. The van der Waals surface area contributed by atoms with Crippen LogP contribution in [0, 0.1) is 5.39 Å². The zero-order valence-corrected chi connectivity index (χ0v) is 6.64. The maximum atomic E-state index is 8.84. The van der Waals surface area contributed by atoms with Gasteiger partial charge in [-0.2, -0.15) is 0 Å². The van der Waals surface area contributed by atoms with Crippen LogP contribution in [0.1, 0.15) is 12.8 Å².